The van der Waals surface area contributed by atoms with Gasteiger partial charge in [-0.15, -0.1) is 14.6 Å². The summed E-state index contributed by atoms with van der Waals surface area (Å²) in [4.78, 5) is 22.2. The second-order valence-electron chi connectivity index (χ2n) is 13.8. The van der Waals surface area contributed by atoms with Crippen LogP contribution in [0.25, 0.3) is 22.5 Å². The van der Waals surface area contributed by atoms with E-state index in [2.05, 4.69) is 53.6 Å². The molecule has 0 saturated carbocycles. The molecule has 0 radical (unpaired) electrons. The molecule has 45 heteroatoms. The van der Waals surface area contributed by atoms with Gasteiger partial charge >= 0.3 is 195 Å². The van der Waals surface area contributed by atoms with Gasteiger partial charge in [-0.05, 0) is 78.4 Å². The minimum absolute atomic E-state index is 0. The Bertz CT molecular complexity index is 3650. The zero-order valence-electron chi connectivity index (χ0n) is 41.8. The molecule has 2 heterocycles. The molecule has 0 bridgehead atoms. The molecule has 0 spiro atoms. The van der Waals surface area contributed by atoms with Gasteiger partial charge in [-0.2, -0.15) is 34.1 Å². The van der Waals surface area contributed by atoms with Gasteiger partial charge < -0.3 is 49.6 Å². The van der Waals surface area contributed by atoms with Crippen molar-refractivity contribution < 1.29 is 288 Å². The van der Waals surface area contributed by atoms with Crippen LogP contribution < -0.4 is 198 Å². The second-order valence-corrected chi connectivity index (χ2v) is 21.6. The predicted molar refractivity (Wildman–Crippen MR) is 245 cm³/mol. The van der Waals surface area contributed by atoms with Crippen molar-refractivity contribution in [1.82, 2.24) is 19.6 Å². The first-order valence-electron chi connectivity index (χ1n) is 19.1. The van der Waals surface area contributed by atoms with E-state index in [1.165, 1.54) is 0 Å². The van der Waals surface area contributed by atoms with Crippen molar-refractivity contribution in [2.75, 3.05) is 24.7 Å². The molecule has 81 heavy (non-hydrogen) atoms. The Hall–Kier alpha value is -0.317. The molecule has 2 aromatic heterocycles. The summed E-state index contributed by atoms with van der Waals surface area (Å²) in [6.45, 7) is -1.42. The van der Waals surface area contributed by atoms with Crippen LogP contribution in [0.5, 0.6) is 11.8 Å². The number of benzene rings is 4. The zero-order valence-corrected chi connectivity index (χ0v) is 58.7. The molecule has 6 rings (SSSR count). The number of carboxylic acids is 2. The molecule has 0 fully saturated rings. The first-order valence-corrected chi connectivity index (χ1v) is 26.6. The quantitative estimate of drug-likeness (QED) is 0.00785. The summed E-state index contributed by atoms with van der Waals surface area (Å²) in [5.41, 5.74) is -5.10. The van der Waals surface area contributed by atoms with Crippen LogP contribution in [-0.2, 0) is 67.3 Å². The average molecular weight is 1360 g/mol. The summed E-state index contributed by atoms with van der Waals surface area (Å²) in [7, 11) is -18.8. The van der Waals surface area contributed by atoms with Crippen molar-refractivity contribution in [3.63, 3.8) is 0 Å². The number of rotatable bonds is 25. The van der Waals surface area contributed by atoms with E-state index in [0.717, 1.165) is 78.9 Å². The van der Waals surface area contributed by atoms with Crippen LogP contribution in [0.3, 0.4) is 0 Å². The van der Waals surface area contributed by atoms with E-state index >= 15 is 0 Å². The molecule has 0 aliphatic heterocycles. The number of sulfone groups is 2. The maximum Gasteiger partial charge on any atom is 1.00 e. The van der Waals surface area contributed by atoms with Gasteiger partial charge in [0.05, 0.1) is 86.1 Å². The number of hydrogen-bond donors (Lipinski definition) is 2. The van der Waals surface area contributed by atoms with Crippen molar-refractivity contribution in [1.29, 1.82) is 0 Å². The number of carbonyl (C=O) groups excluding carboxylic acids is 2. The molecular weight excluding hydrogens is 1330 g/mol. The number of carbonyl (C=O) groups is 2. The number of aromatic nitrogens is 4. The van der Waals surface area contributed by atoms with Crippen LogP contribution in [0.4, 0.5) is 22.7 Å². The Morgan fingerprint density at radius 2 is 1.00 bits per heavy atom. The van der Waals surface area contributed by atoms with Crippen molar-refractivity contribution in [3.8, 4) is 34.3 Å². The van der Waals surface area contributed by atoms with E-state index < -0.39 is 127 Å². The molecule has 32 nitrogen and oxygen atoms in total. The monoisotopic (exact) mass is 1360 g/mol. The zero-order chi connectivity index (χ0) is 54.2. The molecule has 0 saturated heterocycles. The molecular formula is C36H30GeN8Na6O24S6-2. The molecule has 0 aliphatic carbocycles. The third-order valence-corrected chi connectivity index (χ3v) is 15.0. The average Bonchev–Trinajstić information content (AvgIpc) is 3.86. The van der Waals surface area contributed by atoms with Crippen LogP contribution in [0, 0.1) is 0 Å². The smallest absolute Gasteiger partial charge is 1.00 e. The van der Waals surface area contributed by atoms with Crippen molar-refractivity contribution in [2.45, 2.75) is 19.6 Å². The molecule has 0 atom stereocenters. The number of azo groups is 2. The van der Waals surface area contributed by atoms with Gasteiger partial charge in [0.2, 0.25) is 22.2 Å². The molecule has 0 aliphatic rings. The van der Waals surface area contributed by atoms with E-state index in [0.29, 0.717) is 15.4 Å². The maximum atomic E-state index is 12.7. The predicted octanol–water partition coefficient (Wildman–Crippen LogP) is -20.3. The summed E-state index contributed by atoms with van der Waals surface area (Å²) in [5, 5.41) is 95.6. The van der Waals surface area contributed by atoms with Gasteiger partial charge in [0.1, 0.15) is 21.5 Å². The van der Waals surface area contributed by atoms with Crippen molar-refractivity contribution >= 4 is 117 Å². The Kier molecular flexibility index (Phi) is 37.7. The van der Waals surface area contributed by atoms with E-state index in [4.69, 9.17) is 4.18 Å². The Morgan fingerprint density at radius 1 is 0.580 bits per heavy atom. The van der Waals surface area contributed by atoms with Crippen molar-refractivity contribution in [2.24, 2.45) is 20.5 Å². The normalized spacial score (nSPS) is 11.5. The fourth-order valence-electron chi connectivity index (χ4n) is 6.03. The fraction of sp³-hybridized carbons (Fsp3) is 0.111. The van der Waals surface area contributed by atoms with E-state index in [1.54, 1.807) is 0 Å². The summed E-state index contributed by atoms with van der Waals surface area (Å²) < 4.78 is 139. The van der Waals surface area contributed by atoms with Crippen LogP contribution in [-0.4, -0.2) is 127 Å². The minimum atomic E-state index is -5.47. The Morgan fingerprint density at radius 3 is 1.41 bits per heavy atom. The van der Waals surface area contributed by atoms with Crippen LogP contribution in [0.1, 0.15) is 21.0 Å². The standard InChI is InChI=1S/C36H30N8O24S6.GeH6.6Na/c45-33-29(31(35(47)48)41-43(33)22-5-9-24(10-6-22)72(55,56)16-14-64-74(60,61)62)39-37-19-1-11-25(27(17-19)69-67-65-51)26-12-2-20(18-28(26)73(57,58)59)38-40-30-32(36(49)50)42-44(34(30)46)21-3-7-23(8-4-21)71(53,54)15-13-63-70-68-66-52;;;;;;;/h1-12,17-18,45-46,51-52H,13-16H2,(H,47,48)(H,49,50)(H,57,58,59)(H,60,61,62);1H6;;;;;;/q;-2;6*+1/p-6. The number of aromatic hydroxyl groups is 2. The van der Waals surface area contributed by atoms with Gasteiger partial charge in [0.25, 0.3) is 0 Å². The van der Waals surface area contributed by atoms with E-state index in [-0.39, 0.29) is 257 Å². The number of aromatic carboxylic acids is 2. The van der Waals surface area contributed by atoms with Crippen molar-refractivity contribution in [3.05, 3.63) is 96.3 Å². The SMILES string of the molecule is O=C([O-])c1nn(-c2ccc(S(=O)(=O)CCOS(=O)(=O)[O-])cc2)c(O)c1N=Nc1ccc(-c2ccc(N=Nc3c(C(=O)[O-])nn(-c4ccc(S(=O)(=O)CCOSOO[O-])cc4)c3O)cc2S(=O)(=O)[O-])c(SOO[O-])c1.[GeH6-2].[Na+].[Na+].[Na+].[Na+].[Na+].[Na+]. The molecule has 6 aromatic rings. The Labute approximate surface area is 610 Å². The van der Waals surface area contributed by atoms with E-state index in [9.17, 15) is 83.3 Å². The number of hydrogen-bond acceptors (Lipinski definition) is 32. The summed E-state index contributed by atoms with van der Waals surface area (Å²) >= 11 is 0.249. The van der Waals surface area contributed by atoms with Crippen LogP contribution >= 0.6 is 24.4 Å². The van der Waals surface area contributed by atoms with E-state index in [1.807, 2.05) is 0 Å². The molecule has 406 valence electrons. The third kappa shape index (κ3) is 22.7. The van der Waals surface area contributed by atoms with Crippen LogP contribution in [0.2, 0.25) is 0 Å². The van der Waals surface area contributed by atoms with Gasteiger partial charge in [0.15, 0.2) is 43.4 Å². The minimum Gasteiger partial charge on any atom is 1.00 e. The van der Waals surface area contributed by atoms with Gasteiger partial charge in [-0.3, -0.25) is 18.4 Å². The van der Waals surface area contributed by atoms with Gasteiger partial charge in [-0.25, -0.2) is 33.7 Å². The number of carboxylic acid groups (broad SMARTS) is 2. The first-order chi connectivity index (χ1) is 34.8. The third-order valence-electron chi connectivity index (χ3n) is 9.23. The topological polar surface area (TPSA) is 490 Å². The van der Waals surface area contributed by atoms with Gasteiger partial charge in [-0.1, -0.05) is 12.1 Å². The molecule has 4 aromatic carbocycles. The van der Waals surface area contributed by atoms with Crippen LogP contribution in [0.15, 0.2) is 125 Å². The molecule has 2 N–H and O–H groups in total. The Balaban J connectivity index is 0. The number of nitrogens with zero attached hydrogens (tertiary/aromatic N) is 8. The largest absolute Gasteiger partial charge is 1.00 e. The molecule has 0 amide bonds. The first kappa shape index (κ1) is 82.7. The summed E-state index contributed by atoms with van der Waals surface area (Å²) in [6.07, 6.45) is 0. The fourth-order valence-corrected chi connectivity index (χ4v) is 10.2. The maximum absolute atomic E-state index is 12.7. The van der Waals surface area contributed by atoms with Gasteiger partial charge in [0, 0.05) is 10.5 Å². The second kappa shape index (κ2) is 36.9. The summed E-state index contributed by atoms with van der Waals surface area (Å²) in [5.74, 6) is -7.41. The molecule has 0 unspecified atom stereocenters. The summed E-state index contributed by atoms with van der Waals surface area (Å²) in [6, 6.07) is 14.6.